The normalized spacial score (nSPS) is 10.6. The van der Waals surface area contributed by atoms with Crippen LogP contribution in [0.5, 0.6) is 0 Å². The first-order valence-corrected chi connectivity index (χ1v) is 5.32. The van der Waals surface area contributed by atoms with Crippen LogP contribution in [0.15, 0.2) is 36.7 Å². The van der Waals surface area contributed by atoms with E-state index in [0.717, 1.165) is 5.52 Å². The molecule has 0 spiro atoms. The second-order valence-corrected chi connectivity index (χ2v) is 3.53. The first-order chi connectivity index (χ1) is 7.76. The molecule has 2 heterocycles. The maximum absolute atomic E-state index is 12.0. The number of carbonyl (C=O) groups excluding carboxylic acids is 1. The molecule has 0 aliphatic carbocycles. The van der Waals surface area contributed by atoms with Crippen molar-refractivity contribution in [2.24, 2.45) is 0 Å². The fourth-order valence-electron chi connectivity index (χ4n) is 1.73. The molecule has 0 unspecified atom stereocenters. The zero-order chi connectivity index (χ0) is 11.5. The predicted molar refractivity (Wildman–Crippen MR) is 63.2 cm³/mol. The minimum Gasteiger partial charge on any atom is -0.323 e. The van der Waals surface area contributed by atoms with E-state index in [1.54, 1.807) is 12.1 Å². The fraction of sp³-hybridized carbons (Fsp3) is 0.250. The predicted octanol–water partition coefficient (Wildman–Crippen LogP) is 1.54. The van der Waals surface area contributed by atoms with E-state index in [1.165, 1.54) is 0 Å². The highest BCUT2D eigenvalue weighted by molar-refractivity contribution is 5.95. The first-order valence-electron chi connectivity index (χ1n) is 5.32. The van der Waals surface area contributed by atoms with Gasteiger partial charge in [0.2, 0.25) is 0 Å². The molecule has 0 atom stereocenters. The van der Waals surface area contributed by atoms with Gasteiger partial charge in [0, 0.05) is 31.5 Å². The lowest BCUT2D eigenvalue weighted by Crippen LogP contribution is -2.40. The van der Waals surface area contributed by atoms with Crippen LogP contribution in [0.25, 0.3) is 5.52 Å². The van der Waals surface area contributed by atoms with E-state index in [0.29, 0.717) is 12.1 Å². The van der Waals surface area contributed by atoms with Crippen molar-refractivity contribution in [2.45, 2.75) is 6.92 Å². The van der Waals surface area contributed by atoms with Crippen LogP contribution in [0, 0.1) is 0 Å². The maximum atomic E-state index is 12.0. The standard InChI is InChI=1S/C12H15N3O/c1-3-15(13-2)12(16)10-8-11-6-4-5-7-14(11)9-10/h4-9,13H,3H2,1-2H3. The molecule has 84 valence electrons. The molecular formula is C12H15N3O. The van der Waals surface area contributed by atoms with Crippen molar-refractivity contribution in [1.82, 2.24) is 14.8 Å². The average molecular weight is 217 g/mol. The number of rotatable bonds is 3. The Morgan fingerprint density at radius 3 is 2.94 bits per heavy atom. The van der Waals surface area contributed by atoms with Gasteiger partial charge in [-0.25, -0.2) is 5.43 Å². The number of nitrogens with one attached hydrogen (secondary N) is 1. The van der Waals surface area contributed by atoms with E-state index in [9.17, 15) is 4.79 Å². The maximum Gasteiger partial charge on any atom is 0.269 e. The third-order valence-corrected chi connectivity index (χ3v) is 2.58. The Bertz CT molecular complexity index is 467. The summed E-state index contributed by atoms with van der Waals surface area (Å²) in [5.74, 6) is -0.00583. The Labute approximate surface area is 94.5 Å². The highest BCUT2D eigenvalue weighted by Crippen LogP contribution is 2.11. The second kappa shape index (κ2) is 4.37. The van der Waals surface area contributed by atoms with Crippen molar-refractivity contribution in [3.63, 3.8) is 0 Å². The van der Waals surface area contributed by atoms with Crippen LogP contribution in [0.4, 0.5) is 0 Å². The van der Waals surface area contributed by atoms with Gasteiger partial charge < -0.3 is 4.40 Å². The largest absolute Gasteiger partial charge is 0.323 e. The van der Waals surface area contributed by atoms with Crippen molar-refractivity contribution in [2.75, 3.05) is 13.6 Å². The van der Waals surface area contributed by atoms with E-state index in [1.807, 2.05) is 48.0 Å². The number of nitrogens with zero attached hydrogens (tertiary/aromatic N) is 2. The minimum atomic E-state index is -0.00583. The van der Waals surface area contributed by atoms with Gasteiger partial charge in [-0.15, -0.1) is 0 Å². The molecule has 1 amide bonds. The van der Waals surface area contributed by atoms with Gasteiger partial charge in [-0.3, -0.25) is 9.80 Å². The lowest BCUT2D eigenvalue weighted by Gasteiger charge is -2.17. The van der Waals surface area contributed by atoms with Crippen molar-refractivity contribution in [1.29, 1.82) is 0 Å². The van der Waals surface area contributed by atoms with Crippen molar-refractivity contribution >= 4 is 11.4 Å². The number of hydrogen-bond donors (Lipinski definition) is 1. The third kappa shape index (κ3) is 1.79. The Morgan fingerprint density at radius 2 is 2.31 bits per heavy atom. The fourth-order valence-corrected chi connectivity index (χ4v) is 1.73. The summed E-state index contributed by atoms with van der Waals surface area (Å²) >= 11 is 0. The number of pyridine rings is 1. The number of hydrazine groups is 1. The summed E-state index contributed by atoms with van der Waals surface area (Å²) in [4.78, 5) is 12.0. The summed E-state index contributed by atoms with van der Waals surface area (Å²) in [7, 11) is 1.75. The zero-order valence-corrected chi connectivity index (χ0v) is 9.47. The van der Waals surface area contributed by atoms with E-state index < -0.39 is 0 Å². The molecule has 0 saturated carbocycles. The second-order valence-electron chi connectivity index (χ2n) is 3.53. The third-order valence-electron chi connectivity index (χ3n) is 2.58. The molecule has 16 heavy (non-hydrogen) atoms. The molecule has 2 aromatic heterocycles. The molecule has 2 aromatic rings. The molecular weight excluding hydrogens is 202 g/mol. The topological polar surface area (TPSA) is 36.8 Å². The lowest BCUT2D eigenvalue weighted by molar-refractivity contribution is 0.0693. The number of aromatic nitrogens is 1. The van der Waals surface area contributed by atoms with Crippen LogP contribution in [-0.4, -0.2) is 28.9 Å². The summed E-state index contributed by atoms with van der Waals surface area (Å²) in [5, 5.41) is 1.58. The van der Waals surface area contributed by atoms with E-state index >= 15 is 0 Å². The summed E-state index contributed by atoms with van der Waals surface area (Å²) in [6, 6.07) is 7.77. The summed E-state index contributed by atoms with van der Waals surface area (Å²) in [5.41, 5.74) is 4.59. The molecule has 2 rings (SSSR count). The van der Waals surface area contributed by atoms with Gasteiger partial charge in [0.1, 0.15) is 0 Å². The van der Waals surface area contributed by atoms with Crippen molar-refractivity contribution in [3.8, 4) is 0 Å². The van der Waals surface area contributed by atoms with Gasteiger partial charge in [0.15, 0.2) is 0 Å². The van der Waals surface area contributed by atoms with Crippen LogP contribution in [0.1, 0.15) is 17.3 Å². The number of hydrogen-bond acceptors (Lipinski definition) is 2. The van der Waals surface area contributed by atoms with Crippen LogP contribution < -0.4 is 5.43 Å². The first kappa shape index (κ1) is 10.7. The zero-order valence-electron chi connectivity index (χ0n) is 9.47. The van der Waals surface area contributed by atoms with Crippen molar-refractivity contribution < 1.29 is 4.79 Å². The minimum absolute atomic E-state index is 0.00583. The van der Waals surface area contributed by atoms with E-state index in [2.05, 4.69) is 5.43 Å². The number of fused-ring (bicyclic) bond motifs is 1. The molecule has 0 saturated heterocycles. The number of amides is 1. The Morgan fingerprint density at radius 1 is 1.50 bits per heavy atom. The molecule has 0 aromatic carbocycles. The molecule has 0 bridgehead atoms. The highest BCUT2D eigenvalue weighted by Gasteiger charge is 2.14. The average Bonchev–Trinajstić information content (AvgIpc) is 2.74. The Balaban J connectivity index is 2.36. The van der Waals surface area contributed by atoms with Crippen molar-refractivity contribution in [3.05, 3.63) is 42.2 Å². The monoisotopic (exact) mass is 217 g/mol. The Kier molecular flexibility index (Phi) is 2.92. The molecule has 0 fully saturated rings. The smallest absolute Gasteiger partial charge is 0.269 e. The van der Waals surface area contributed by atoms with Gasteiger partial charge in [0.25, 0.3) is 5.91 Å². The van der Waals surface area contributed by atoms with E-state index in [-0.39, 0.29) is 5.91 Å². The summed E-state index contributed by atoms with van der Waals surface area (Å²) in [6.07, 6.45) is 3.78. The van der Waals surface area contributed by atoms with Gasteiger partial charge >= 0.3 is 0 Å². The van der Waals surface area contributed by atoms with E-state index in [4.69, 9.17) is 0 Å². The Hall–Kier alpha value is -1.81. The quantitative estimate of drug-likeness (QED) is 0.792. The summed E-state index contributed by atoms with van der Waals surface area (Å²) in [6.45, 7) is 2.58. The molecule has 4 nitrogen and oxygen atoms in total. The number of carbonyl (C=O) groups is 1. The molecule has 0 aliphatic heterocycles. The van der Waals surface area contributed by atoms with Crippen LogP contribution >= 0.6 is 0 Å². The molecule has 4 heteroatoms. The van der Waals surface area contributed by atoms with Gasteiger partial charge in [-0.1, -0.05) is 6.07 Å². The lowest BCUT2D eigenvalue weighted by atomic mass is 10.3. The summed E-state index contributed by atoms with van der Waals surface area (Å²) < 4.78 is 1.94. The van der Waals surface area contributed by atoms with Crippen LogP contribution in [0.3, 0.4) is 0 Å². The van der Waals surface area contributed by atoms with Gasteiger partial charge in [-0.05, 0) is 25.1 Å². The van der Waals surface area contributed by atoms with Crippen LogP contribution in [0.2, 0.25) is 0 Å². The van der Waals surface area contributed by atoms with Crippen LogP contribution in [-0.2, 0) is 0 Å². The van der Waals surface area contributed by atoms with Gasteiger partial charge in [0.05, 0.1) is 5.56 Å². The SMILES string of the molecule is CCN(NC)C(=O)c1cc2ccccn2c1. The molecule has 0 aliphatic rings. The molecule has 1 N–H and O–H groups in total. The molecule has 0 radical (unpaired) electrons. The highest BCUT2D eigenvalue weighted by atomic mass is 16.2. The van der Waals surface area contributed by atoms with Gasteiger partial charge in [-0.2, -0.15) is 0 Å².